The summed E-state index contributed by atoms with van der Waals surface area (Å²) in [6.07, 6.45) is 11.5. The van der Waals surface area contributed by atoms with Crippen LogP contribution in [-0.2, 0) is 17.6 Å². The minimum absolute atomic E-state index is 0.0119. The molecule has 3 aromatic carbocycles. The number of hydrogen-bond donors (Lipinski definition) is 1. The van der Waals surface area contributed by atoms with Crippen molar-refractivity contribution < 1.29 is 9.53 Å². The smallest absolute Gasteiger partial charge is 0.407 e. The second-order valence-electron chi connectivity index (χ2n) is 10.8. The fraction of sp³-hybridized carbons (Fsp3) is 0.424. The van der Waals surface area contributed by atoms with Crippen LogP contribution in [0.2, 0.25) is 0 Å². The number of carbonyl (C=O) groups is 1. The first kappa shape index (κ1) is 24.6. The molecule has 0 radical (unpaired) electrons. The lowest BCUT2D eigenvalue weighted by Crippen LogP contribution is -2.35. The third-order valence-corrected chi connectivity index (χ3v) is 8.08. The molecule has 2 aliphatic rings. The maximum atomic E-state index is 12.6. The van der Waals surface area contributed by atoms with Crippen LogP contribution in [0.4, 0.5) is 4.79 Å². The zero-order valence-corrected chi connectivity index (χ0v) is 21.5. The Balaban J connectivity index is 1.07. The topological polar surface area (TPSA) is 38.3 Å². The van der Waals surface area contributed by atoms with Crippen LogP contribution in [0.5, 0.6) is 0 Å². The number of fused-ring (bicyclic) bond motifs is 3. The van der Waals surface area contributed by atoms with Gasteiger partial charge in [0, 0.05) is 12.0 Å². The van der Waals surface area contributed by atoms with E-state index >= 15 is 0 Å². The van der Waals surface area contributed by atoms with E-state index in [1.165, 1.54) is 84.7 Å². The molecule has 0 spiro atoms. The van der Waals surface area contributed by atoms with Gasteiger partial charge in [0.15, 0.2) is 0 Å². The lowest BCUT2D eigenvalue weighted by Gasteiger charge is -2.21. The predicted molar refractivity (Wildman–Crippen MR) is 147 cm³/mol. The largest absolute Gasteiger partial charge is 0.449 e. The Hall–Kier alpha value is -3.07. The number of carbonyl (C=O) groups excluding carboxylic acids is 1. The number of amides is 1. The molecule has 3 heteroatoms. The van der Waals surface area contributed by atoms with Gasteiger partial charge in [-0.1, -0.05) is 111 Å². The lowest BCUT2D eigenvalue weighted by atomic mass is 9.85. The van der Waals surface area contributed by atoms with Crippen molar-refractivity contribution in [3.8, 4) is 11.1 Å². The number of ether oxygens (including phenoxy) is 1. The summed E-state index contributed by atoms with van der Waals surface area (Å²) in [5, 5.41) is 3.02. The molecule has 1 saturated carbocycles. The molecule has 0 bridgehead atoms. The van der Waals surface area contributed by atoms with E-state index < -0.39 is 0 Å². The van der Waals surface area contributed by atoms with Gasteiger partial charge in [-0.3, -0.25) is 0 Å². The molecule has 1 atom stereocenters. The normalized spacial score (nSPS) is 16.2. The molecule has 36 heavy (non-hydrogen) atoms. The number of alkyl carbamates (subject to hydrolysis) is 1. The number of rotatable bonds is 9. The van der Waals surface area contributed by atoms with Gasteiger partial charge in [0.2, 0.25) is 0 Å². The summed E-state index contributed by atoms with van der Waals surface area (Å²) in [5.74, 6) is 1.05. The number of nitrogens with one attached hydrogen (secondary N) is 1. The molecule has 3 aromatic rings. The van der Waals surface area contributed by atoms with E-state index in [1.807, 2.05) is 6.92 Å². The van der Waals surface area contributed by atoms with Gasteiger partial charge < -0.3 is 10.1 Å². The molecule has 188 valence electrons. The first-order chi connectivity index (χ1) is 17.7. The van der Waals surface area contributed by atoms with Crippen LogP contribution < -0.4 is 5.32 Å². The van der Waals surface area contributed by atoms with Crippen molar-refractivity contribution in [2.45, 2.75) is 76.7 Å². The Morgan fingerprint density at radius 2 is 1.47 bits per heavy atom. The van der Waals surface area contributed by atoms with Gasteiger partial charge in [-0.15, -0.1) is 0 Å². The van der Waals surface area contributed by atoms with Gasteiger partial charge in [-0.05, 0) is 65.5 Å². The highest BCUT2D eigenvalue weighted by molar-refractivity contribution is 5.79. The zero-order valence-electron chi connectivity index (χ0n) is 21.5. The molecule has 3 nitrogen and oxygen atoms in total. The number of hydrogen-bond acceptors (Lipinski definition) is 2. The molecule has 0 heterocycles. The van der Waals surface area contributed by atoms with E-state index in [0.717, 1.165) is 12.3 Å². The van der Waals surface area contributed by atoms with Crippen molar-refractivity contribution in [3.05, 3.63) is 95.1 Å². The van der Waals surface area contributed by atoms with Crippen LogP contribution >= 0.6 is 0 Å². The van der Waals surface area contributed by atoms with E-state index in [2.05, 4.69) is 78.1 Å². The van der Waals surface area contributed by atoms with Crippen molar-refractivity contribution in [1.29, 1.82) is 0 Å². The summed E-state index contributed by atoms with van der Waals surface area (Å²) in [5.41, 5.74) is 7.63. The summed E-state index contributed by atoms with van der Waals surface area (Å²) in [6, 6.07) is 25.8. The maximum absolute atomic E-state index is 12.6. The SMILES string of the molecule is CC(Cc1ccc(CCCC2CCCCC2)cc1)NC(=O)OCC1c2ccccc2-c2ccccc21. The van der Waals surface area contributed by atoms with Gasteiger partial charge in [0.1, 0.15) is 6.61 Å². The monoisotopic (exact) mass is 481 g/mol. The van der Waals surface area contributed by atoms with Gasteiger partial charge in [-0.25, -0.2) is 4.79 Å². The zero-order chi connectivity index (χ0) is 24.7. The summed E-state index contributed by atoms with van der Waals surface area (Å²) in [7, 11) is 0. The molecular formula is C33H39NO2. The Labute approximate surface area is 216 Å². The summed E-state index contributed by atoms with van der Waals surface area (Å²) in [6.45, 7) is 2.39. The fourth-order valence-electron chi connectivity index (χ4n) is 6.16. The van der Waals surface area contributed by atoms with E-state index in [9.17, 15) is 4.79 Å². The van der Waals surface area contributed by atoms with Gasteiger partial charge >= 0.3 is 6.09 Å². The van der Waals surface area contributed by atoms with E-state index in [0.29, 0.717) is 6.61 Å². The predicted octanol–water partition coefficient (Wildman–Crippen LogP) is 8.06. The average Bonchev–Trinajstić information content (AvgIpc) is 3.23. The molecule has 2 aliphatic carbocycles. The molecule has 0 saturated heterocycles. The first-order valence-electron chi connectivity index (χ1n) is 13.9. The van der Waals surface area contributed by atoms with Crippen molar-refractivity contribution in [1.82, 2.24) is 5.32 Å². The van der Waals surface area contributed by atoms with Crippen LogP contribution in [0.1, 0.15) is 80.0 Å². The van der Waals surface area contributed by atoms with Crippen LogP contribution in [0.15, 0.2) is 72.8 Å². The molecule has 1 unspecified atom stereocenters. The Morgan fingerprint density at radius 1 is 0.861 bits per heavy atom. The van der Waals surface area contributed by atoms with Crippen molar-refractivity contribution in [2.75, 3.05) is 6.61 Å². The quantitative estimate of drug-likeness (QED) is 0.336. The second kappa shape index (κ2) is 11.8. The van der Waals surface area contributed by atoms with Gasteiger partial charge in [0.25, 0.3) is 0 Å². The molecule has 5 rings (SSSR count). The van der Waals surface area contributed by atoms with E-state index in [-0.39, 0.29) is 18.1 Å². The molecular weight excluding hydrogens is 442 g/mol. The van der Waals surface area contributed by atoms with Crippen LogP contribution in [0.3, 0.4) is 0 Å². The highest BCUT2D eigenvalue weighted by Crippen LogP contribution is 2.44. The van der Waals surface area contributed by atoms with Crippen molar-refractivity contribution in [2.24, 2.45) is 5.92 Å². The number of benzene rings is 3. The van der Waals surface area contributed by atoms with Crippen LogP contribution in [-0.4, -0.2) is 18.7 Å². The minimum atomic E-state index is -0.344. The molecule has 0 aliphatic heterocycles. The fourth-order valence-corrected chi connectivity index (χ4v) is 6.16. The molecule has 1 amide bonds. The maximum Gasteiger partial charge on any atom is 0.407 e. The highest BCUT2D eigenvalue weighted by Gasteiger charge is 2.29. The summed E-state index contributed by atoms with van der Waals surface area (Å²) in [4.78, 5) is 12.6. The van der Waals surface area contributed by atoms with E-state index in [1.54, 1.807) is 0 Å². The van der Waals surface area contributed by atoms with Crippen LogP contribution in [0.25, 0.3) is 11.1 Å². The third-order valence-electron chi connectivity index (χ3n) is 8.08. The first-order valence-corrected chi connectivity index (χ1v) is 13.9. The summed E-state index contributed by atoms with van der Waals surface area (Å²) < 4.78 is 5.71. The average molecular weight is 482 g/mol. The Morgan fingerprint density at radius 3 is 2.14 bits per heavy atom. The van der Waals surface area contributed by atoms with Crippen molar-refractivity contribution >= 4 is 6.09 Å². The standard InChI is InChI=1S/C33H39NO2/c1-24(22-27-20-18-26(19-21-27)13-9-12-25-10-3-2-4-11-25)34-33(35)36-23-32-30-16-7-5-14-28(30)29-15-6-8-17-31(29)32/h5-8,14-21,24-25,32H,2-4,9-13,22-23H2,1H3,(H,34,35). The molecule has 1 N–H and O–H groups in total. The number of aryl methyl sites for hydroxylation is 1. The molecule has 1 fully saturated rings. The third kappa shape index (κ3) is 6.00. The van der Waals surface area contributed by atoms with Gasteiger partial charge in [-0.2, -0.15) is 0 Å². The highest BCUT2D eigenvalue weighted by atomic mass is 16.5. The summed E-state index contributed by atoms with van der Waals surface area (Å²) >= 11 is 0. The van der Waals surface area contributed by atoms with Gasteiger partial charge in [0.05, 0.1) is 0 Å². The minimum Gasteiger partial charge on any atom is -0.449 e. The molecule has 0 aromatic heterocycles. The lowest BCUT2D eigenvalue weighted by molar-refractivity contribution is 0.139. The van der Waals surface area contributed by atoms with E-state index in [4.69, 9.17) is 4.74 Å². The Kier molecular flexibility index (Phi) is 8.05. The van der Waals surface area contributed by atoms with Crippen LogP contribution in [0, 0.1) is 5.92 Å². The Bertz CT molecular complexity index is 1100. The van der Waals surface area contributed by atoms with Crippen molar-refractivity contribution in [3.63, 3.8) is 0 Å². The second-order valence-corrected chi connectivity index (χ2v) is 10.8.